The molecule has 2 N–H and O–H groups in total. The van der Waals surface area contributed by atoms with E-state index in [0.717, 1.165) is 0 Å². The number of carbonyl (C=O) groups is 1. The van der Waals surface area contributed by atoms with Crippen molar-refractivity contribution in [1.29, 1.82) is 0 Å². The molecule has 2 aromatic rings. The van der Waals surface area contributed by atoms with E-state index in [2.05, 4.69) is 0 Å². The maximum absolute atomic E-state index is 11.8. The van der Waals surface area contributed by atoms with Gasteiger partial charge in [-0.15, -0.1) is 0 Å². The van der Waals surface area contributed by atoms with Gasteiger partial charge in [0, 0.05) is 19.8 Å². The highest BCUT2D eigenvalue weighted by Crippen LogP contribution is 2.20. The molecule has 0 radical (unpaired) electrons. The van der Waals surface area contributed by atoms with Gasteiger partial charge in [-0.2, -0.15) is 0 Å². The fourth-order valence-electron chi connectivity index (χ4n) is 1.76. The third-order valence-electron chi connectivity index (χ3n) is 2.88. The Morgan fingerprint density at radius 3 is 2.78 bits per heavy atom. The molecule has 1 aromatic heterocycles. The van der Waals surface area contributed by atoms with Gasteiger partial charge in [0.15, 0.2) is 5.58 Å². The van der Waals surface area contributed by atoms with Gasteiger partial charge in [-0.05, 0) is 25.1 Å². The molecule has 0 aliphatic carbocycles. The number of benzene rings is 1. The number of carbonyl (C=O) groups excluding carboxylic acids is 1. The third-order valence-corrected chi connectivity index (χ3v) is 2.88. The van der Waals surface area contributed by atoms with E-state index in [1.54, 1.807) is 39.2 Å². The zero-order valence-corrected chi connectivity index (χ0v) is 10.5. The molecule has 0 saturated heterocycles. The SMILES string of the molecule is CC(N)C(=O)N(C)c1ccc2oc(=O)n(C)c2c1. The Morgan fingerprint density at radius 1 is 1.50 bits per heavy atom. The molecule has 18 heavy (non-hydrogen) atoms. The lowest BCUT2D eigenvalue weighted by molar-refractivity contribution is -0.119. The van der Waals surface area contributed by atoms with Crippen LogP contribution in [0.4, 0.5) is 5.69 Å². The van der Waals surface area contributed by atoms with Crippen molar-refractivity contribution in [2.45, 2.75) is 13.0 Å². The smallest absolute Gasteiger partial charge is 0.408 e. The highest BCUT2D eigenvalue weighted by atomic mass is 16.4. The van der Waals surface area contributed by atoms with Gasteiger partial charge in [0.25, 0.3) is 0 Å². The second-order valence-corrected chi connectivity index (χ2v) is 4.26. The predicted molar refractivity (Wildman–Crippen MR) is 68.5 cm³/mol. The minimum absolute atomic E-state index is 0.192. The van der Waals surface area contributed by atoms with Crippen LogP contribution in [0.3, 0.4) is 0 Å². The first-order valence-electron chi connectivity index (χ1n) is 5.54. The van der Waals surface area contributed by atoms with E-state index in [1.165, 1.54) is 9.47 Å². The first-order valence-corrected chi connectivity index (χ1v) is 5.54. The number of oxazole rings is 1. The number of aromatic nitrogens is 1. The zero-order chi connectivity index (χ0) is 13.4. The molecule has 1 atom stereocenters. The first-order chi connectivity index (χ1) is 8.41. The first kappa shape index (κ1) is 12.4. The van der Waals surface area contributed by atoms with Crippen LogP contribution >= 0.6 is 0 Å². The molecule has 0 bridgehead atoms. The zero-order valence-electron chi connectivity index (χ0n) is 10.5. The fourth-order valence-corrected chi connectivity index (χ4v) is 1.76. The summed E-state index contributed by atoms with van der Waals surface area (Å²) < 4.78 is 6.41. The van der Waals surface area contributed by atoms with Crippen molar-refractivity contribution in [2.24, 2.45) is 12.8 Å². The summed E-state index contributed by atoms with van der Waals surface area (Å²) in [6, 6.07) is 4.53. The van der Waals surface area contributed by atoms with E-state index in [4.69, 9.17) is 10.2 Å². The lowest BCUT2D eigenvalue weighted by Crippen LogP contribution is -2.39. The summed E-state index contributed by atoms with van der Waals surface area (Å²) in [6.07, 6.45) is 0. The average Bonchev–Trinajstić information content (AvgIpc) is 2.63. The molecule has 1 unspecified atom stereocenters. The molecule has 1 amide bonds. The topological polar surface area (TPSA) is 81.5 Å². The summed E-state index contributed by atoms with van der Waals surface area (Å²) in [4.78, 5) is 24.6. The number of nitrogens with two attached hydrogens (primary N) is 1. The minimum atomic E-state index is -0.570. The molecule has 1 heterocycles. The molecular weight excluding hydrogens is 234 g/mol. The molecule has 0 aliphatic rings. The number of rotatable bonds is 2. The second-order valence-electron chi connectivity index (χ2n) is 4.26. The standard InChI is InChI=1S/C12H15N3O3/c1-7(13)11(16)14(2)8-4-5-10-9(6-8)15(3)12(17)18-10/h4-7H,13H2,1-3H3. The highest BCUT2D eigenvalue weighted by molar-refractivity contribution is 5.97. The quantitative estimate of drug-likeness (QED) is 0.837. The van der Waals surface area contributed by atoms with Crippen molar-refractivity contribution in [3.63, 3.8) is 0 Å². The van der Waals surface area contributed by atoms with E-state index in [9.17, 15) is 9.59 Å². The lowest BCUT2D eigenvalue weighted by atomic mass is 10.2. The lowest BCUT2D eigenvalue weighted by Gasteiger charge is -2.19. The van der Waals surface area contributed by atoms with Gasteiger partial charge >= 0.3 is 5.76 Å². The number of anilines is 1. The van der Waals surface area contributed by atoms with Crippen LogP contribution in [0.2, 0.25) is 0 Å². The fraction of sp³-hybridized carbons (Fsp3) is 0.333. The maximum atomic E-state index is 11.8. The molecule has 0 spiro atoms. The van der Waals surface area contributed by atoms with E-state index in [0.29, 0.717) is 16.8 Å². The van der Waals surface area contributed by atoms with Crippen LogP contribution in [0.25, 0.3) is 11.1 Å². The normalized spacial score (nSPS) is 12.7. The maximum Gasteiger partial charge on any atom is 0.419 e. The Morgan fingerprint density at radius 2 is 2.17 bits per heavy atom. The van der Waals surface area contributed by atoms with Gasteiger partial charge in [0.1, 0.15) is 0 Å². The van der Waals surface area contributed by atoms with Crippen LogP contribution in [0.15, 0.2) is 27.4 Å². The summed E-state index contributed by atoms with van der Waals surface area (Å²) in [5.74, 6) is -0.619. The van der Waals surface area contributed by atoms with Crippen LogP contribution in [-0.2, 0) is 11.8 Å². The highest BCUT2D eigenvalue weighted by Gasteiger charge is 2.16. The molecular formula is C12H15N3O3. The van der Waals surface area contributed by atoms with Gasteiger partial charge in [-0.25, -0.2) is 4.79 Å². The van der Waals surface area contributed by atoms with Gasteiger partial charge in [0.2, 0.25) is 5.91 Å². The number of nitrogens with zero attached hydrogens (tertiary/aromatic N) is 2. The number of fused-ring (bicyclic) bond motifs is 1. The second kappa shape index (κ2) is 4.30. The van der Waals surface area contributed by atoms with Crippen LogP contribution < -0.4 is 16.4 Å². The third kappa shape index (κ3) is 1.91. The Labute approximate surface area is 104 Å². The molecule has 96 valence electrons. The Bertz CT molecular complexity index is 654. The molecule has 2 rings (SSSR count). The Kier molecular flexibility index (Phi) is 2.96. The number of hydrogen-bond donors (Lipinski definition) is 1. The van der Waals surface area contributed by atoms with E-state index < -0.39 is 11.8 Å². The summed E-state index contributed by atoms with van der Waals surface area (Å²) >= 11 is 0. The summed E-state index contributed by atoms with van der Waals surface area (Å²) in [5.41, 5.74) is 7.36. The van der Waals surface area contributed by atoms with Gasteiger partial charge in [0.05, 0.1) is 11.6 Å². The molecule has 0 saturated carbocycles. The van der Waals surface area contributed by atoms with Crippen molar-refractivity contribution in [2.75, 3.05) is 11.9 Å². The molecule has 0 fully saturated rings. The number of amides is 1. The van der Waals surface area contributed by atoms with E-state index >= 15 is 0 Å². The van der Waals surface area contributed by atoms with Crippen LogP contribution in [-0.4, -0.2) is 23.6 Å². The Balaban J connectivity index is 2.50. The van der Waals surface area contributed by atoms with Crippen molar-refractivity contribution < 1.29 is 9.21 Å². The van der Waals surface area contributed by atoms with Crippen LogP contribution in [0.5, 0.6) is 0 Å². The minimum Gasteiger partial charge on any atom is -0.408 e. The van der Waals surface area contributed by atoms with Crippen LogP contribution in [0, 0.1) is 0 Å². The van der Waals surface area contributed by atoms with Crippen LogP contribution in [0.1, 0.15) is 6.92 Å². The van der Waals surface area contributed by atoms with Gasteiger partial charge in [-0.1, -0.05) is 0 Å². The molecule has 0 aliphatic heterocycles. The summed E-state index contributed by atoms with van der Waals surface area (Å²) in [6.45, 7) is 1.63. The average molecular weight is 249 g/mol. The Hall–Kier alpha value is -2.08. The largest absolute Gasteiger partial charge is 0.419 e. The summed E-state index contributed by atoms with van der Waals surface area (Å²) in [5, 5.41) is 0. The van der Waals surface area contributed by atoms with E-state index in [1.807, 2.05) is 0 Å². The van der Waals surface area contributed by atoms with Crippen molar-refractivity contribution >= 4 is 22.7 Å². The molecule has 6 heteroatoms. The predicted octanol–water partition coefficient (Wildman–Crippen LogP) is 0.442. The van der Waals surface area contributed by atoms with Crippen molar-refractivity contribution in [3.05, 3.63) is 28.7 Å². The number of aryl methyl sites for hydroxylation is 1. The van der Waals surface area contributed by atoms with Gasteiger partial charge < -0.3 is 15.1 Å². The summed E-state index contributed by atoms with van der Waals surface area (Å²) in [7, 11) is 3.26. The number of hydrogen-bond acceptors (Lipinski definition) is 4. The van der Waals surface area contributed by atoms with Crippen molar-refractivity contribution in [3.8, 4) is 0 Å². The van der Waals surface area contributed by atoms with E-state index in [-0.39, 0.29) is 5.91 Å². The molecule has 6 nitrogen and oxygen atoms in total. The van der Waals surface area contributed by atoms with Gasteiger partial charge in [-0.3, -0.25) is 9.36 Å². The molecule has 1 aromatic carbocycles. The number of likely N-dealkylation sites (N-methyl/N-ethyl adjacent to an activating group) is 1. The monoisotopic (exact) mass is 249 g/mol. The van der Waals surface area contributed by atoms with Crippen molar-refractivity contribution in [1.82, 2.24) is 4.57 Å².